The Balaban J connectivity index is 2.56. The Bertz CT molecular complexity index is 406. The first kappa shape index (κ1) is 10.7. The zero-order chi connectivity index (χ0) is 11.2. The fourth-order valence-corrected chi connectivity index (χ4v) is 2.05. The van der Waals surface area contributed by atoms with E-state index in [1.54, 1.807) is 6.07 Å². The summed E-state index contributed by atoms with van der Waals surface area (Å²) < 4.78 is 19.2. The van der Waals surface area contributed by atoms with Crippen molar-refractivity contribution in [3.63, 3.8) is 0 Å². The SMILES string of the molecule is CC1(C)C[C@@H](N)c2ccc(Cl)c(F)c2O1. The summed E-state index contributed by atoms with van der Waals surface area (Å²) in [5.41, 5.74) is 6.20. The maximum absolute atomic E-state index is 13.7. The molecule has 2 N–H and O–H groups in total. The molecule has 1 atom stereocenters. The molecule has 1 aromatic rings. The first-order valence-electron chi connectivity index (χ1n) is 4.83. The molecule has 0 aliphatic carbocycles. The van der Waals surface area contributed by atoms with Crippen LogP contribution in [0.15, 0.2) is 12.1 Å². The molecule has 0 fully saturated rings. The molecule has 1 aliphatic heterocycles. The number of ether oxygens (including phenoxy) is 1. The number of hydrogen-bond acceptors (Lipinski definition) is 2. The highest BCUT2D eigenvalue weighted by atomic mass is 35.5. The summed E-state index contributed by atoms with van der Waals surface area (Å²) in [6.07, 6.45) is 0.668. The van der Waals surface area contributed by atoms with Gasteiger partial charge in [-0.2, -0.15) is 0 Å². The molecule has 1 heterocycles. The Labute approximate surface area is 93.2 Å². The van der Waals surface area contributed by atoms with Crippen LogP contribution in [0.5, 0.6) is 5.75 Å². The van der Waals surface area contributed by atoms with Crippen LogP contribution >= 0.6 is 11.6 Å². The van der Waals surface area contributed by atoms with E-state index >= 15 is 0 Å². The van der Waals surface area contributed by atoms with Crippen molar-refractivity contribution in [3.8, 4) is 5.75 Å². The molecule has 1 aliphatic rings. The third-order valence-corrected chi connectivity index (χ3v) is 2.86. The van der Waals surface area contributed by atoms with Crippen molar-refractivity contribution in [2.45, 2.75) is 31.9 Å². The Kier molecular flexibility index (Phi) is 2.40. The first-order valence-corrected chi connectivity index (χ1v) is 5.21. The Morgan fingerprint density at radius 1 is 1.53 bits per heavy atom. The van der Waals surface area contributed by atoms with Gasteiger partial charge in [-0.3, -0.25) is 0 Å². The second-order valence-electron chi connectivity index (χ2n) is 4.45. The van der Waals surface area contributed by atoms with Gasteiger partial charge < -0.3 is 10.5 Å². The molecule has 1 aromatic carbocycles. The summed E-state index contributed by atoms with van der Waals surface area (Å²) in [5.74, 6) is -0.316. The highest BCUT2D eigenvalue weighted by molar-refractivity contribution is 6.30. The van der Waals surface area contributed by atoms with Gasteiger partial charge in [-0.1, -0.05) is 17.7 Å². The number of halogens is 2. The summed E-state index contributed by atoms with van der Waals surface area (Å²) in [5, 5.41) is 0.0682. The van der Waals surface area contributed by atoms with E-state index in [9.17, 15) is 4.39 Å². The number of benzene rings is 1. The predicted octanol–water partition coefficient (Wildman–Crippen LogP) is 3.04. The standard InChI is InChI=1S/C11H13ClFNO/c1-11(2)5-8(14)6-3-4-7(12)9(13)10(6)15-11/h3-4,8H,5,14H2,1-2H3/t8-/m1/s1. The van der Waals surface area contributed by atoms with Crippen LogP contribution in [0.25, 0.3) is 0 Å². The van der Waals surface area contributed by atoms with Gasteiger partial charge in [-0.05, 0) is 19.9 Å². The summed E-state index contributed by atoms with van der Waals surface area (Å²) in [6.45, 7) is 3.77. The van der Waals surface area contributed by atoms with Crippen LogP contribution < -0.4 is 10.5 Å². The lowest BCUT2D eigenvalue weighted by Gasteiger charge is -2.36. The van der Waals surface area contributed by atoms with Gasteiger partial charge in [0.1, 0.15) is 5.60 Å². The van der Waals surface area contributed by atoms with Gasteiger partial charge in [0.25, 0.3) is 0 Å². The number of fused-ring (bicyclic) bond motifs is 1. The van der Waals surface area contributed by atoms with E-state index in [0.29, 0.717) is 12.0 Å². The summed E-state index contributed by atoms with van der Waals surface area (Å²) in [6, 6.07) is 3.04. The van der Waals surface area contributed by atoms with E-state index in [2.05, 4.69) is 0 Å². The van der Waals surface area contributed by atoms with Crippen LogP contribution in [-0.4, -0.2) is 5.60 Å². The van der Waals surface area contributed by atoms with E-state index in [1.807, 2.05) is 13.8 Å². The lowest BCUT2D eigenvalue weighted by molar-refractivity contribution is 0.0674. The number of rotatable bonds is 0. The van der Waals surface area contributed by atoms with E-state index in [4.69, 9.17) is 22.1 Å². The zero-order valence-electron chi connectivity index (χ0n) is 8.68. The minimum Gasteiger partial charge on any atom is -0.484 e. The monoisotopic (exact) mass is 229 g/mol. The van der Waals surface area contributed by atoms with E-state index in [1.165, 1.54) is 6.07 Å². The third-order valence-electron chi connectivity index (χ3n) is 2.57. The molecule has 82 valence electrons. The fraction of sp³-hybridized carbons (Fsp3) is 0.455. The quantitative estimate of drug-likeness (QED) is 0.742. The van der Waals surface area contributed by atoms with Crippen LogP contribution in [0.4, 0.5) is 4.39 Å². The molecular weight excluding hydrogens is 217 g/mol. The lowest BCUT2D eigenvalue weighted by atomic mass is 9.90. The molecule has 2 rings (SSSR count). The largest absolute Gasteiger partial charge is 0.484 e. The summed E-state index contributed by atoms with van der Waals surface area (Å²) >= 11 is 5.69. The van der Waals surface area contributed by atoms with Gasteiger partial charge in [0.2, 0.25) is 0 Å². The molecule has 0 bridgehead atoms. The maximum Gasteiger partial charge on any atom is 0.183 e. The first-order chi connectivity index (χ1) is 6.91. The van der Waals surface area contributed by atoms with Crippen LogP contribution in [0.1, 0.15) is 31.9 Å². The van der Waals surface area contributed by atoms with Crippen molar-refractivity contribution in [1.82, 2.24) is 0 Å². The second kappa shape index (κ2) is 3.35. The van der Waals surface area contributed by atoms with Crippen LogP contribution in [0, 0.1) is 5.82 Å². The molecule has 0 spiro atoms. The molecule has 4 heteroatoms. The van der Waals surface area contributed by atoms with E-state index in [0.717, 1.165) is 0 Å². The molecular formula is C11H13ClFNO. The maximum atomic E-state index is 13.7. The zero-order valence-corrected chi connectivity index (χ0v) is 9.44. The molecule has 0 aromatic heterocycles. The Morgan fingerprint density at radius 2 is 2.20 bits per heavy atom. The molecule has 0 saturated heterocycles. The van der Waals surface area contributed by atoms with Crippen LogP contribution in [-0.2, 0) is 0 Å². The van der Waals surface area contributed by atoms with Crippen molar-refractivity contribution in [2.24, 2.45) is 5.73 Å². The molecule has 2 nitrogen and oxygen atoms in total. The van der Waals surface area contributed by atoms with Crippen LogP contribution in [0.3, 0.4) is 0 Å². The average molecular weight is 230 g/mol. The lowest BCUT2D eigenvalue weighted by Crippen LogP contribution is -2.37. The van der Waals surface area contributed by atoms with Crippen molar-refractivity contribution >= 4 is 11.6 Å². The Hall–Kier alpha value is -0.800. The average Bonchev–Trinajstić information content (AvgIpc) is 2.10. The second-order valence-corrected chi connectivity index (χ2v) is 4.86. The van der Waals surface area contributed by atoms with E-state index in [-0.39, 0.29) is 16.8 Å². The van der Waals surface area contributed by atoms with Crippen molar-refractivity contribution < 1.29 is 9.13 Å². The van der Waals surface area contributed by atoms with Gasteiger partial charge >= 0.3 is 0 Å². The van der Waals surface area contributed by atoms with Crippen molar-refractivity contribution in [1.29, 1.82) is 0 Å². The minimum absolute atomic E-state index is 0.0682. The van der Waals surface area contributed by atoms with Gasteiger partial charge in [0.15, 0.2) is 11.6 Å². The normalized spacial score (nSPS) is 23.1. The fourth-order valence-electron chi connectivity index (χ4n) is 1.90. The third kappa shape index (κ3) is 1.82. The molecule has 0 unspecified atom stereocenters. The minimum atomic E-state index is -0.516. The van der Waals surface area contributed by atoms with E-state index < -0.39 is 11.4 Å². The number of hydrogen-bond donors (Lipinski definition) is 1. The molecule has 0 radical (unpaired) electrons. The highest BCUT2D eigenvalue weighted by Gasteiger charge is 2.34. The predicted molar refractivity (Wildman–Crippen MR) is 57.7 cm³/mol. The number of nitrogens with two attached hydrogens (primary N) is 1. The smallest absolute Gasteiger partial charge is 0.183 e. The van der Waals surface area contributed by atoms with Gasteiger partial charge in [-0.25, -0.2) is 4.39 Å². The van der Waals surface area contributed by atoms with Crippen molar-refractivity contribution in [2.75, 3.05) is 0 Å². The van der Waals surface area contributed by atoms with Gasteiger partial charge in [0, 0.05) is 18.0 Å². The van der Waals surface area contributed by atoms with Gasteiger partial charge in [0.05, 0.1) is 5.02 Å². The van der Waals surface area contributed by atoms with Crippen LogP contribution in [0.2, 0.25) is 5.02 Å². The molecule has 0 saturated carbocycles. The molecule has 0 amide bonds. The van der Waals surface area contributed by atoms with Gasteiger partial charge in [-0.15, -0.1) is 0 Å². The van der Waals surface area contributed by atoms with Crippen molar-refractivity contribution in [3.05, 3.63) is 28.5 Å². The Morgan fingerprint density at radius 3 is 2.87 bits per heavy atom. The summed E-state index contributed by atoms with van der Waals surface area (Å²) in [7, 11) is 0. The highest BCUT2D eigenvalue weighted by Crippen LogP contribution is 2.41. The topological polar surface area (TPSA) is 35.2 Å². The summed E-state index contributed by atoms with van der Waals surface area (Å²) in [4.78, 5) is 0. The molecule has 15 heavy (non-hydrogen) atoms.